The summed E-state index contributed by atoms with van der Waals surface area (Å²) in [6.07, 6.45) is 12.6. The van der Waals surface area contributed by atoms with Crippen LogP contribution in [0.1, 0.15) is 177 Å². The number of nitrogens with two attached hydrogens (primary N) is 1. The maximum absolute atomic E-state index is 14.6. The van der Waals surface area contributed by atoms with E-state index in [0.717, 1.165) is 86.1 Å². The lowest BCUT2D eigenvalue weighted by molar-refractivity contribution is -0.124. The Labute approximate surface area is 796 Å². The molecule has 5 heterocycles. The Morgan fingerprint density at radius 1 is 0.574 bits per heavy atom. The first kappa shape index (κ1) is 100. The second-order valence-electron chi connectivity index (χ2n) is 32.1. The molecule has 2 unspecified atom stereocenters. The first-order chi connectivity index (χ1) is 65.1. The summed E-state index contributed by atoms with van der Waals surface area (Å²) in [7, 11) is -11.0. The minimum atomic E-state index is -4.36. The maximum atomic E-state index is 14.6. The molecular weight excluding hydrogens is 1870 g/mol. The van der Waals surface area contributed by atoms with Gasteiger partial charge in [-0.05, 0) is 183 Å². The fraction of sp³-hybridized carbons (Fsp3) is 0.341. The lowest BCUT2D eigenvalue weighted by Gasteiger charge is -2.30. The number of anilines is 8. The van der Waals surface area contributed by atoms with Crippen LogP contribution in [0.5, 0.6) is 17.2 Å². The van der Waals surface area contributed by atoms with Crippen molar-refractivity contribution in [3.63, 3.8) is 0 Å². The van der Waals surface area contributed by atoms with Gasteiger partial charge in [-0.1, -0.05) is 114 Å². The fourth-order valence-corrected chi connectivity index (χ4v) is 19.6. The molecule has 2 fully saturated rings. The van der Waals surface area contributed by atoms with E-state index in [1.54, 1.807) is 54.3 Å². The number of nitrogens with one attached hydrogen (secondary N) is 9. The van der Waals surface area contributed by atoms with Gasteiger partial charge < -0.3 is 64.9 Å². The first-order valence-electron chi connectivity index (χ1n) is 43.6. The molecule has 6 amide bonds. The molecular formula is C91H101ClN20O19S5. The number of morpholine rings is 1. The van der Waals surface area contributed by atoms with Crippen molar-refractivity contribution in [1.82, 2.24) is 33.6 Å². The van der Waals surface area contributed by atoms with Gasteiger partial charge in [-0.15, -0.1) is 20.5 Å². The minimum absolute atomic E-state index is 0.0275. The van der Waals surface area contributed by atoms with E-state index in [4.69, 9.17) is 44.8 Å². The van der Waals surface area contributed by atoms with Gasteiger partial charge in [-0.3, -0.25) is 38.6 Å². The van der Waals surface area contributed by atoms with Crippen molar-refractivity contribution in [2.24, 2.45) is 25.6 Å². The number of hydrogen-bond acceptors (Lipinski definition) is 31. The fourth-order valence-electron chi connectivity index (χ4n) is 14.9. The van der Waals surface area contributed by atoms with Gasteiger partial charge in [0.05, 0.1) is 115 Å². The van der Waals surface area contributed by atoms with Crippen molar-refractivity contribution in [2.45, 2.75) is 178 Å². The number of para-hydroxylation sites is 2. The number of azo groups is 2. The number of sulfonamides is 3. The molecule has 12 aromatic rings. The molecule has 0 radical (unpaired) electrons. The molecule has 14 rings (SSSR count). The molecule has 11 N–H and O–H groups in total. The van der Waals surface area contributed by atoms with E-state index in [0.29, 0.717) is 88.2 Å². The minimum Gasteiger partial charge on any atom is -0.495 e. The third kappa shape index (κ3) is 26.6. The number of halogens is 1. The third-order valence-corrected chi connectivity index (χ3v) is 27.0. The van der Waals surface area contributed by atoms with Crippen molar-refractivity contribution in [2.75, 3.05) is 81.5 Å². The number of aromatic amines is 1. The first-order valence-corrected chi connectivity index (χ1v) is 50.0. The van der Waals surface area contributed by atoms with Gasteiger partial charge in [0.15, 0.2) is 27.1 Å². The number of primary sulfonamides is 1. The molecule has 2 aliphatic rings. The van der Waals surface area contributed by atoms with Crippen LogP contribution in [-0.2, 0) is 68.3 Å². The zero-order valence-electron chi connectivity index (χ0n) is 75.4. The normalized spacial score (nSPS) is 13.6. The number of fused-ring (bicyclic) bond motifs is 3. The third-order valence-electron chi connectivity index (χ3n) is 21.3. The number of rotatable bonds is 39. The Bertz CT molecular complexity index is 6770. The summed E-state index contributed by atoms with van der Waals surface area (Å²) in [4.78, 5) is 103. The molecule has 39 nitrogen and oxygen atoms in total. The SMILES string of the molecule is CCCCCCCCCCCCOC(=O)c1ccc(Cl)c(NC(=O)C(Oc2c(NC(C)=O)cc(N=Nc3snc4ccc(S(=O)(=O)Nc5ccc(N6CCOCC6)c(S(N)(=O)=O)c5)cc34)cc2NC(C)=O)c2nc3ccccc3o2)c1.COc1ccc(C)cc1NC(=O)C(Oc1c(NC(C)=O)cc(N=Nc2snc3ccc(S(=O)(=O)NC4CCCCC4)cc23)cc1NC(C)=O)c1n[nH]c(C)n1. The number of nitrogens with zero attached hydrogens (tertiary/aromatic N) is 10. The Morgan fingerprint density at radius 3 is 1.66 bits per heavy atom. The summed E-state index contributed by atoms with van der Waals surface area (Å²) < 4.78 is 129. The molecule has 2 atom stereocenters. The van der Waals surface area contributed by atoms with Crippen LogP contribution in [0.3, 0.4) is 0 Å². The van der Waals surface area contributed by atoms with E-state index >= 15 is 0 Å². The number of amides is 6. The van der Waals surface area contributed by atoms with Gasteiger partial charge in [0.2, 0.25) is 61.5 Å². The number of esters is 1. The van der Waals surface area contributed by atoms with Crippen LogP contribution in [0.2, 0.25) is 5.02 Å². The topological polar surface area (TPSA) is 536 Å². The number of ether oxygens (including phenoxy) is 5. The summed E-state index contributed by atoms with van der Waals surface area (Å²) in [6, 6.07) is 34.6. The summed E-state index contributed by atoms with van der Waals surface area (Å²) in [5.41, 5.74) is 3.37. The van der Waals surface area contributed by atoms with E-state index in [-0.39, 0.29) is 117 Å². The molecule has 0 bridgehead atoms. The highest BCUT2D eigenvalue weighted by Crippen LogP contribution is 2.46. The van der Waals surface area contributed by atoms with Gasteiger partial charge in [0.1, 0.15) is 22.0 Å². The predicted octanol–water partition coefficient (Wildman–Crippen LogP) is 18.3. The van der Waals surface area contributed by atoms with Crippen molar-refractivity contribution in [1.29, 1.82) is 0 Å². The van der Waals surface area contributed by atoms with Crippen LogP contribution in [0, 0.1) is 13.8 Å². The zero-order chi connectivity index (χ0) is 97.0. The number of unbranched alkanes of at least 4 members (excludes halogenated alkanes) is 9. The molecule has 1 aliphatic carbocycles. The summed E-state index contributed by atoms with van der Waals surface area (Å²) in [5.74, 6) is -4.08. The Morgan fingerprint density at radius 2 is 1.12 bits per heavy atom. The smallest absolute Gasteiger partial charge is 0.338 e. The van der Waals surface area contributed by atoms with Crippen LogP contribution in [0.15, 0.2) is 179 Å². The monoisotopic (exact) mass is 1970 g/mol. The van der Waals surface area contributed by atoms with E-state index in [1.807, 2.05) is 13.0 Å². The lowest BCUT2D eigenvalue weighted by atomic mass is 9.96. The van der Waals surface area contributed by atoms with Crippen LogP contribution >= 0.6 is 34.7 Å². The molecule has 136 heavy (non-hydrogen) atoms. The molecule has 4 aromatic heterocycles. The van der Waals surface area contributed by atoms with E-state index < -0.39 is 83.7 Å². The Hall–Kier alpha value is -13.3. The van der Waals surface area contributed by atoms with E-state index in [9.17, 15) is 58.8 Å². The van der Waals surface area contributed by atoms with Gasteiger partial charge in [-0.2, -0.15) is 13.8 Å². The second kappa shape index (κ2) is 45.8. The molecule has 716 valence electrons. The number of oxazole rings is 1. The number of carbonyl (C=O) groups excluding carboxylic acids is 7. The Kier molecular flexibility index (Phi) is 33.7. The molecule has 1 aliphatic heterocycles. The summed E-state index contributed by atoms with van der Waals surface area (Å²) >= 11 is 8.53. The van der Waals surface area contributed by atoms with Gasteiger partial charge in [-0.25, -0.2) is 49.9 Å². The number of carbonyl (C=O) groups is 7. The van der Waals surface area contributed by atoms with Crippen molar-refractivity contribution in [3.8, 4) is 17.2 Å². The number of methoxy groups -OCH3 is 1. The van der Waals surface area contributed by atoms with Crippen molar-refractivity contribution >= 4 is 206 Å². The van der Waals surface area contributed by atoms with Crippen LogP contribution < -0.4 is 65.6 Å². The highest BCUT2D eigenvalue weighted by molar-refractivity contribution is 7.92. The lowest BCUT2D eigenvalue weighted by Crippen LogP contribution is -2.37. The molecule has 45 heteroatoms. The number of H-pyrrole nitrogens is 1. The summed E-state index contributed by atoms with van der Waals surface area (Å²) in [5, 5.41) is 47.5. The van der Waals surface area contributed by atoms with Crippen LogP contribution in [0.4, 0.5) is 66.9 Å². The maximum Gasteiger partial charge on any atom is 0.338 e. The van der Waals surface area contributed by atoms with Gasteiger partial charge in [0.25, 0.3) is 27.9 Å². The Balaban J connectivity index is 0.000000247. The highest BCUT2D eigenvalue weighted by Gasteiger charge is 2.36. The largest absolute Gasteiger partial charge is 0.495 e. The van der Waals surface area contributed by atoms with Gasteiger partial charge >= 0.3 is 5.97 Å². The van der Waals surface area contributed by atoms with E-state index in [2.05, 4.69) is 97.6 Å². The van der Waals surface area contributed by atoms with Crippen LogP contribution in [0.25, 0.3) is 32.9 Å². The van der Waals surface area contributed by atoms with Crippen LogP contribution in [-0.4, -0.2) is 142 Å². The average molecular weight is 1970 g/mol. The highest BCUT2D eigenvalue weighted by atomic mass is 35.5. The summed E-state index contributed by atoms with van der Waals surface area (Å²) in [6.45, 7) is 12.5. The zero-order valence-corrected chi connectivity index (χ0v) is 80.2. The molecule has 1 saturated heterocycles. The number of benzene rings is 8. The average Bonchev–Trinajstić information content (AvgIpc) is 1.30. The molecule has 0 spiro atoms. The molecule has 8 aromatic carbocycles. The quantitative estimate of drug-likeness (QED) is 0.00971. The van der Waals surface area contributed by atoms with Crippen molar-refractivity contribution in [3.05, 3.63) is 173 Å². The number of aryl methyl sites for hydroxylation is 2. The standard InChI is InChI=1S/C55H61ClN10O12S3.C36H40N10O7S2/c1-4-5-6-7-8-9-10-11-12-15-26-76-55(70)36-18-21-41(56)44(29-36)60-52(69)51(53-61-43-16-13-14-17-48(43)77-53)78-50-45(58-34(2)67)30-38(31-46(50)59-35(3)68)62-63-54-40-33-39(20-22-42(40)64-79-54)81(73,74)65-37-19-23-47(49(32-37)80(57,71)72)66-24-27-75-28-25-66;1-19-11-14-31(52-5)28(15-19)40-35(49)33(34-37-20(2)41-43-34)53-32-29(38-21(3)47)16-24(17-30(32)39-22(4)48)42-44-36-26-18-25(12-13-27(26)45-54-36)55(50,51)46-23-9-7-6-8-10-23/h13-14,16-23,29-33,51,65H,4-12,15,24-28H2,1-3H3,(H,58,67)(H,59,68)(H,60,69)(H2,57,71,72);11-18,23,33,46H,6-10H2,1-5H3,(H,38,47)(H,39,48)(H,40,49)(H,37,41,43). The van der Waals surface area contributed by atoms with E-state index in [1.165, 1.54) is 158 Å². The predicted molar refractivity (Wildman–Crippen MR) is 517 cm³/mol. The molecule has 1 saturated carbocycles. The number of aromatic nitrogens is 6. The van der Waals surface area contributed by atoms with Gasteiger partial charge in [0, 0.05) is 57.6 Å². The number of hydrogen-bond donors (Lipinski definition) is 10. The van der Waals surface area contributed by atoms with Crippen molar-refractivity contribution < 1.29 is 86.9 Å². The second-order valence-corrected chi connectivity index (χ2v) is 38.9.